The molecule has 1 saturated carbocycles. The summed E-state index contributed by atoms with van der Waals surface area (Å²) >= 11 is 0. The van der Waals surface area contributed by atoms with E-state index in [4.69, 9.17) is 4.74 Å². The van der Waals surface area contributed by atoms with Crippen LogP contribution in [0.3, 0.4) is 0 Å². The fourth-order valence-electron chi connectivity index (χ4n) is 4.48. The SMILES string of the molecule is CNC(=O)c1cnc2c(F)cc(-c3ccn4nc(NC5CCC(C)(O)CC5)nc(OC)c34)cn12. The van der Waals surface area contributed by atoms with Gasteiger partial charge in [-0.25, -0.2) is 13.9 Å². The molecule has 0 radical (unpaired) electrons. The summed E-state index contributed by atoms with van der Waals surface area (Å²) in [6.45, 7) is 1.86. The molecule has 3 N–H and O–H groups in total. The van der Waals surface area contributed by atoms with Gasteiger partial charge in [0.05, 0.1) is 18.9 Å². The molecule has 0 atom stereocenters. The van der Waals surface area contributed by atoms with Gasteiger partial charge in [-0.15, -0.1) is 5.10 Å². The number of methoxy groups -OCH3 is 1. The minimum atomic E-state index is -0.626. The molecule has 4 aromatic rings. The lowest BCUT2D eigenvalue weighted by molar-refractivity contribution is 0.0195. The average Bonchev–Trinajstić information content (AvgIpc) is 3.44. The van der Waals surface area contributed by atoms with Gasteiger partial charge in [-0.1, -0.05) is 0 Å². The molecule has 1 fully saturated rings. The molecule has 1 amide bonds. The second-order valence-electron chi connectivity index (χ2n) is 8.88. The van der Waals surface area contributed by atoms with Gasteiger partial charge in [0.15, 0.2) is 11.5 Å². The topological polar surface area (TPSA) is 118 Å². The van der Waals surface area contributed by atoms with Gasteiger partial charge < -0.3 is 20.5 Å². The van der Waals surface area contributed by atoms with Gasteiger partial charge in [0.2, 0.25) is 11.8 Å². The number of rotatable bonds is 5. The van der Waals surface area contributed by atoms with Crippen molar-refractivity contribution in [3.63, 3.8) is 0 Å². The van der Waals surface area contributed by atoms with Crippen LogP contribution in [-0.4, -0.2) is 60.8 Å². The lowest BCUT2D eigenvalue weighted by Gasteiger charge is -2.33. The summed E-state index contributed by atoms with van der Waals surface area (Å²) in [4.78, 5) is 20.8. The number of nitrogens with one attached hydrogen (secondary N) is 2. The van der Waals surface area contributed by atoms with E-state index in [1.807, 2.05) is 6.92 Å². The predicted molar refractivity (Wildman–Crippen MR) is 124 cm³/mol. The summed E-state index contributed by atoms with van der Waals surface area (Å²) in [5.41, 5.74) is 1.40. The number of aromatic nitrogens is 5. The number of ether oxygens (including phenoxy) is 1. The second kappa shape index (κ2) is 8.24. The Morgan fingerprint density at radius 2 is 2.12 bits per heavy atom. The molecule has 0 bridgehead atoms. The van der Waals surface area contributed by atoms with Gasteiger partial charge in [-0.2, -0.15) is 4.98 Å². The summed E-state index contributed by atoms with van der Waals surface area (Å²) in [7, 11) is 3.02. The normalized spacial score (nSPS) is 20.6. The van der Waals surface area contributed by atoms with Crippen molar-refractivity contribution in [2.75, 3.05) is 19.5 Å². The van der Waals surface area contributed by atoms with Crippen LogP contribution >= 0.6 is 0 Å². The first-order valence-corrected chi connectivity index (χ1v) is 11.1. The van der Waals surface area contributed by atoms with E-state index in [-0.39, 0.29) is 23.3 Å². The number of nitrogens with zero attached hydrogens (tertiary/aromatic N) is 5. The number of hydrogen-bond acceptors (Lipinski definition) is 7. The molecule has 1 aliphatic rings. The molecule has 178 valence electrons. The molecule has 10 nitrogen and oxygen atoms in total. The first-order chi connectivity index (χ1) is 16.3. The molecule has 0 saturated heterocycles. The number of carbonyl (C=O) groups excluding carboxylic acids is 1. The smallest absolute Gasteiger partial charge is 0.269 e. The number of carbonyl (C=O) groups is 1. The molecular weight excluding hydrogens is 441 g/mol. The van der Waals surface area contributed by atoms with Gasteiger partial charge in [-0.05, 0) is 44.7 Å². The molecular formula is C23H26FN7O3. The highest BCUT2D eigenvalue weighted by atomic mass is 19.1. The molecule has 34 heavy (non-hydrogen) atoms. The van der Waals surface area contributed by atoms with E-state index in [1.54, 1.807) is 23.0 Å². The summed E-state index contributed by atoms with van der Waals surface area (Å²) < 4.78 is 23.5. The van der Waals surface area contributed by atoms with E-state index in [9.17, 15) is 14.3 Å². The third kappa shape index (κ3) is 3.81. The van der Waals surface area contributed by atoms with Crippen molar-refractivity contribution in [1.29, 1.82) is 0 Å². The molecule has 1 aliphatic carbocycles. The van der Waals surface area contributed by atoms with E-state index < -0.39 is 11.4 Å². The number of halogens is 1. The Hall–Kier alpha value is -3.73. The maximum absolute atomic E-state index is 14.9. The number of anilines is 1. The fraction of sp³-hybridized carbons (Fsp3) is 0.391. The van der Waals surface area contributed by atoms with Crippen molar-refractivity contribution < 1.29 is 19.0 Å². The fourth-order valence-corrected chi connectivity index (χ4v) is 4.48. The van der Waals surface area contributed by atoms with Crippen LogP contribution in [0.4, 0.5) is 10.3 Å². The van der Waals surface area contributed by atoms with Crippen LogP contribution in [0.1, 0.15) is 43.1 Å². The van der Waals surface area contributed by atoms with Crippen molar-refractivity contribution in [3.05, 3.63) is 42.2 Å². The highest BCUT2D eigenvalue weighted by molar-refractivity contribution is 5.93. The monoisotopic (exact) mass is 467 g/mol. The average molecular weight is 468 g/mol. The van der Waals surface area contributed by atoms with Gasteiger partial charge in [0, 0.05) is 36.6 Å². The predicted octanol–water partition coefficient (Wildman–Crippen LogP) is 2.66. The summed E-state index contributed by atoms with van der Waals surface area (Å²) in [5.74, 6) is -0.181. The minimum absolute atomic E-state index is 0.0621. The van der Waals surface area contributed by atoms with E-state index in [1.165, 1.54) is 30.8 Å². The molecule has 0 unspecified atom stereocenters. The van der Waals surface area contributed by atoms with Gasteiger partial charge in [0.25, 0.3) is 5.91 Å². The summed E-state index contributed by atoms with van der Waals surface area (Å²) in [5, 5.41) is 20.6. The maximum atomic E-state index is 14.9. The maximum Gasteiger partial charge on any atom is 0.269 e. The zero-order chi connectivity index (χ0) is 24.0. The zero-order valence-corrected chi connectivity index (χ0v) is 19.2. The first kappa shape index (κ1) is 22.1. The number of fused-ring (bicyclic) bond motifs is 2. The number of aliphatic hydroxyl groups is 1. The van der Waals surface area contributed by atoms with Crippen molar-refractivity contribution in [2.45, 2.75) is 44.2 Å². The van der Waals surface area contributed by atoms with Crippen molar-refractivity contribution in [2.24, 2.45) is 0 Å². The summed E-state index contributed by atoms with van der Waals surface area (Å²) in [6, 6.07) is 3.31. The Bertz CT molecular complexity index is 1380. The Morgan fingerprint density at radius 1 is 1.35 bits per heavy atom. The van der Waals surface area contributed by atoms with Crippen molar-refractivity contribution in [3.8, 4) is 17.0 Å². The van der Waals surface area contributed by atoms with E-state index >= 15 is 0 Å². The lowest BCUT2D eigenvalue weighted by atomic mass is 9.84. The first-order valence-electron chi connectivity index (χ1n) is 11.1. The van der Waals surface area contributed by atoms with E-state index in [0.717, 1.165) is 12.8 Å². The summed E-state index contributed by atoms with van der Waals surface area (Å²) in [6.07, 6.45) is 7.78. The highest BCUT2D eigenvalue weighted by Crippen LogP contribution is 2.33. The highest BCUT2D eigenvalue weighted by Gasteiger charge is 2.29. The van der Waals surface area contributed by atoms with Crippen LogP contribution in [0.5, 0.6) is 5.88 Å². The quantitative estimate of drug-likeness (QED) is 0.413. The number of hydrogen-bond donors (Lipinski definition) is 3. The molecule has 4 aromatic heterocycles. The molecule has 11 heteroatoms. The number of imidazole rings is 1. The molecule has 0 aromatic carbocycles. The second-order valence-corrected chi connectivity index (χ2v) is 8.88. The van der Waals surface area contributed by atoms with Crippen LogP contribution in [0, 0.1) is 5.82 Å². The van der Waals surface area contributed by atoms with Crippen LogP contribution in [0.25, 0.3) is 22.3 Å². The third-order valence-electron chi connectivity index (χ3n) is 6.40. The van der Waals surface area contributed by atoms with E-state index in [2.05, 4.69) is 25.7 Å². The van der Waals surface area contributed by atoms with Crippen molar-refractivity contribution in [1.82, 2.24) is 29.3 Å². The zero-order valence-electron chi connectivity index (χ0n) is 19.2. The Kier molecular flexibility index (Phi) is 5.35. The lowest BCUT2D eigenvalue weighted by Crippen LogP contribution is -2.36. The Balaban J connectivity index is 1.54. The van der Waals surface area contributed by atoms with Crippen LogP contribution in [-0.2, 0) is 0 Å². The van der Waals surface area contributed by atoms with Crippen LogP contribution in [0.2, 0.25) is 0 Å². The molecule has 0 aliphatic heterocycles. The standard InChI is InChI=1S/C23H26FN7O3/c1-23(33)7-4-14(5-8-23)27-22-28-21(34-3)18-15(6-9-31(18)29-22)13-10-16(24)19-26-11-17(20(32)25-2)30(19)12-13/h6,9-12,14,33H,4-5,7-8H2,1-3H3,(H,25,32)(H,27,29). The van der Waals surface area contributed by atoms with Gasteiger partial charge >= 0.3 is 0 Å². The van der Waals surface area contributed by atoms with Crippen LogP contribution < -0.4 is 15.4 Å². The number of pyridine rings is 1. The number of amides is 1. The van der Waals surface area contributed by atoms with Crippen molar-refractivity contribution >= 4 is 23.0 Å². The Labute approximate surface area is 194 Å². The van der Waals surface area contributed by atoms with Gasteiger partial charge in [0.1, 0.15) is 11.2 Å². The molecule has 5 rings (SSSR count). The third-order valence-corrected chi connectivity index (χ3v) is 6.40. The minimum Gasteiger partial charge on any atom is -0.479 e. The van der Waals surface area contributed by atoms with Gasteiger partial charge in [-0.3, -0.25) is 9.20 Å². The molecule has 0 spiro atoms. The molecule has 4 heterocycles. The Morgan fingerprint density at radius 3 is 2.82 bits per heavy atom. The van der Waals surface area contributed by atoms with E-state index in [0.29, 0.717) is 41.3 Å². The largest absolute Gasteiger partial charge is 0.479 e. The van der Waals surface area contributed by atoms with Crippen LogP contribution in [0.15, 0.2) is 30.7 Å².